The number of fused-ring (bicyclic) bond motifs is 1. The average Bonchev–Trinajstić information content (AvgIpc) is 2.81. The van der Waals surface area contributed by atoms with E-state index in [2.05, 4.69) is 5.32 Å². The van der Waals surface area contributed by atoms with Crippen LogP contribution < -0.4 is 10.1 Å². The molecule has 1 N–H and O–H groups in total. The number of benzene rings is 2. The summed E-state index contributed by atoms with van der Waals surface area (Å²) in [5, 5.41) is 3.56. The molecule has 2 heterocycles. The summed E-state index contributed by atoms with van der Waals surface area (Å²) in [6.07, 6.45) is 1.88. The number of nitrogens with zero attached hydrogens (tertiary/aromatic N) is 1. The largest absolute Gasteiger partial charge is 0.483 e. The molecule has 6 heteroatoms. The van der Waals surface area contributed by atoms with E-state index in [0.29, 0.717) is 36.0 Å². The molecule has 2 aliphatic rings. The van der Waals surface area contributed by atoms with E-state index in [1.807, 2.05) is 41.3 Å². The predicted octanol–water partition coefficient (Wildman–Crippen LogP) is 3.07. The number of amides is 2. The molecule has 0 aromatic heterocycles. The number of carbonyl (C=O) groups excluding carboxylic acids is 2. The molecule has 1 atom stereocenters. The Labute approximate surface area is 163 Å². The Hall–Kier alpha value is -2.53. The Kier molecular flexibility index (Phi) is 4.79. The van der Waals surface area contributed by atoms with Crippen LogP contribution >= 0.6 is 11.6 Å². The zero-order valence-electron chi connectivity index (χ0n) is 14.9. The van der Waals surface area contributed by atoms with Crippen LogP contribution in [-0.4, -0.2) is 41.9 Å². The molecule has 0 aliphatic carbocycles. The van der Waals surface area contributed by atoms with Crippen LogP contribution in [0.25, 0.3) is 0 Å². The third kappa shape index (κ3) is 3.65. The highest BCUT2D eigenvalue weighted by Gasteiger charge is 2.42. The number of hydrogen-bond acceptors (Lipinski definition) is 3. The van der Waals surface area contributed by atoms with E-state index < -0.39 is 5.60 Å². The second-order valence-electron chi connectivity index (χ2n) is 7.15. The quantitative estimate of drug-likeness (QED) is 0.865. The second kappa shape index (κ2) is 7.24. The standard InChI is InChI=1S/C21H21ClN2O3/c22-17-8-3-1-6-15(17)12-19(25)24-11-5-10-21(14-24)13-23-20(26)16-7-2-4-9-18(16)27-21/h1-4,6-9H,5,10-14H2,(H,23,26). The molecular weight excluding hydrogens is 364 g/mol. The number of para-hydroxylation sites is 1. The SMILES string of the molecule is O=C1NCC2(CCCN(C(=O)Cc3ccccc3Cl)C2)Oc2ccccc21. The second-order valence-corrected chi connectivity index (χ2v) is 7.56. The molecule has 5 nitrogen and oxygen atoms in total. The van der Waals surface area contributed by atoms with Crippen molar-refractivity contribution in [1.82, 2.24) is 10.2 Å². The molecule has 2 aromatic carbocycles. The Morgan fingerprint density at radius 2 is 1.96 bits per heavy atom. The molecular formula is C21H21ClN2O3. The van der Waals surface area contributed by atoms with Gasteiger partial charge in [-0.3, -0.25) is 9.59 Å². The average molecular weight is 385 g/mol. The molecule has 4 rings (SSSR count). The lowest BCUT2D eigenvalue weighted by molar-refractivity contribution is -0.136. The maximum absolute atomic E-state index is 12.9. The smallest absolute Gasteiger partial charge is 0.255 e. The first-order valence-electron chi connectivity index (χ1n) is 9.14. The Morgan fingerprint density at radius 3 is 2.81 bits per heavy atom. The number of ether oxygens (including phenoxy) is 1. The Morgan fingerprint density at radius 1 is 1.19 bits per heavy atom. The van der Waals surface area contributed by atoms with Gasteiger partial charge in [-0.2, -0.15) is 0 Å². The van der Waals surface area contributed by atoms with Gasteiger partial charge in [-0.15, -0.1) is 0 Å². The molecule has 1 spiro atoms. The topological polar surface area (TPSA) is 58.6 Å². The summed E-state index contributed by atoms with van der Waals surface area (Å²) in [6, 6.07) is 14.6. The van der Waals surface area contributed by atoms with E-state index in [4.69, 9.17) is 16.3 Å². The van der Waals surface area contributed by atoms with Gasteiger partial charge in [-0.1, -0.05) is 41.9 Å². The van der Waals surface area contributed by atoms with E-state index in [-0.39, 0.29) is 18.2 Å². The minimum absolute atomic E-state index is 0.0228. The molecule has 1 saturated heterocycles. The van der Waals surface area contributed by atoms with Crippen molar-refractivity contribution < 1.29 is 14.3 Å². The van der Waals surface area contributed by atoms with Crippen LogP contribution in [-0.2, 0) is 11.2 Å². The van der Waals surface area contributed by atoms with Gasteiger partial charge < -0.3 is 15.0 Å². The van der Waals surface area contributed by atoms with Crippen molar-refractivity contribution in [1.29, 1.82) is 0 Å². The number of halogens is 1. The Bertz CT molecular complexity index is 885. The van der Waals surface area contributed by atoms with E-state index in [1.165, 1.54) is 0 Å². The highest BCUT2D eigenvalue weighted by atomic mass is 35.5. The van der Waals surface area contributed by atoms with Crippen LogP contribution in [0.2, 0.25) is 5.02 Å². The van der Waals surface area contributed by atoms with E-state index in [9.17, 15) is 9.59 Å². The van der Waals surface area contributed by atoms with Crippen LogP contribution in [0.15, 0.2) is 48.5 Å². The summed E-state index contributed by atoms with van der Waals surface area (Å²) in [4.78, 5) is 27.0. The highest BCUT2D eigenvalue weighted by Crippen LogP contribution is 2.32. The first kappa shape index (κ1) is 17.9. The minimum atomic E-state index is -0.601. The zero-order valence-corrected chi connectivity index (χ0v) is 15.7. The molecule has 2 aromatic rings. The van der Waals surface area contributed by atoms with Gasteiger partial charge in [0.1, 0.15) is 11.4 Å². The van der Waals surface area contributed by atoms with Crippen LogP contribution in [0.5, 0.6) is 5.75 Å². The predicted molar refractivity (Wildman–Crippen MR) is 103 cm³/mol. The molecule has 27 heavy (non-hydrogen) atoms. The maximum atomic E-state index is 12.9. The molecule has 0 radical (unpaired) electrons. The summed E-state index contributed by atoms with van der Waals surface area (Å²) in [5.41, 5.74) is 0.759. The summed E-state index contributed by atoms with van der Waals surface area (Å²) in [5.74, 6) is 0.463. The molecule has 1 fully saturated rings. The third-order valence-corrected chi connectivity index (χ3v) is 5.59. The monoisotopic (exact) mass is 384 g/mol. The molecule has 2 amide bonds. The van der Waals surface area contributed by atoms with Crippen LogP contribution in [0.1, 0.15) is 28.8 Å². The van der Waals surface area contributed by atoms with Gasteiger partial charge in [-0.05, 0) is 36.6 Å². The van der Waals surface area contributed by atoms with Gasteiger partial charge in [0, 0.05) is 11.6 Å². The van der Waals surface area contributed by atoms with Crippen molar-refractivity contribution in [3.63, 3.8) is 0 Å². The van der Waals surface area contributed by atoms with Crippen molar-refractivity contribution in [2.75, 3.05) is 19.6 Å². The molecule has 0 bridgehead atoms. The van der Waals surface area contributed by atoms with Gasteiger partial charge in [0.15, 0.2) is 0 Å². The number of piperidine rings is 1. The molecule has 0 saturated carbocycles. The van der Waals surface area contributed by atoms with Crippen LogP contribution in [0, 0.1) is 0 Å². The van der Waals surface area contributed by atoms with Gasteiger partial charge in [0.05, 0.1) is 25.1 Å². The lowest BCUT2D eigenvalue weighted by Crippen LogP contribution is -2.58. The first-order chi connectivity index (χ1) is 13.1. The van der Waals surface area contributed by atoms with Crippen molar-refractivity contribution in [2.45, 2.75) is 24.9 Å². The van der Waals surface area contributed by atoms with Crippen molar-refractivity contribution >= 4 is 23.4 Å². The van der Waals surface area contributed by atoms with E-state index in [0.717, 1.165) is 18.4 Å². The van der Waals surface area contributed by atoms with Gasteiger partial charge >= 0.3 is 0 Å². The van der Waals surface area contributed by atoms with E-state index in [1.54, 1.807) is 12.1 Å². The number of rotatable bonds is 2. The van der Waals surface area contributed by atoms with Gasteiger partial charge in [-0.25, -0.2) is 0 Å². The lowest BCUT2D eigenvalue weighted by atomic mass is 9.92. The zero-order chi connectivity index (χ0) is 18.9. The minimum Gasteiger partial charge on any atom is -0.483 e. The van der Waals surface area contributed by atoms with Gasteiger partial charge in [0.25, 0.3) is 5.91 Å². The molecule has 2 aliphatic heterocycles. The fourth-order valence-electron chi connectivity index (χ4n) is 3.80. The highest BCUT2D eigenvalue weighted by molar-refractivity contribution is 6.31. The molecule has 1 unspecified atom stereocenters. The van der Waals surface area contributed by atoms with Crippen molar-refractivity contribution in [3.8, 4) is 5.75 Å². The number of nitrogens with one attached hydrogen (secondary N) is 1. The van der Waals surface area contributed by atoms with Crippen molar-refractivity contribution in [2.24, 2.45) is 0 Å². The summed E-state index contributed by atoms with van der Waals surface area (Å²) in [6.45, 7) is 1.52. The lowest BCUT2D eigenvalue weighted by Gasteiger charge is -2.42. The Balaban J connectivity index is 1.53. The summed E-state index contributed by atoms with van der Waals surface area (Å²) < 4.78 is 6.31. The molecule has 140 valence electrons. The van der Waals surface area contributed by atoms with Crippen LogP contribution in [0.3, 0.4) is 0 Å². The first-order valence-corrected chi connectivity index (χ1v) is 9.52. The van der Waals surface area contributed by atoms with Gasteiger partial charge in [0.2, 0.25) is 5.91 Å². The number of hydrogen-bond donors (Lipinski definition) is 1. The fourth-order valence-corrected chi connectivity index (χ4v) is 4.01. The van der Waals surface area contributed by atoms with Crippen molar-refractivity contribution in [3.05, 3.63) is 64.7 Å². The van der Waals surface area contributed by atoms with Crippen LogP contribution in [0.4, 0.5) is 0 Å². The number of carbonyl (C=O) groups is 2. The normalized spacial score (nSPS) is 21.8. The maximum Gasteiger partial charge on any atom is 0.255 e. The summed E-state index contributed by atoms with van der Waals surface area (Å²) >= 11 is 6.20. The fraction of sp³-hybridized carbons (Fsp3) is 0.333. The van der Waals surface area contributed by atoms with E-state index >= 15 is 0 Å². The third-order valence-electron chi connectivity index (χ3n) is 5.22. The summed E-state index contributed by atoms with van der Waals surface area (Å²) in [7, 11) is 0. The number of likely N-dealkylation sites (tertiary alicyclic amines) is 1.